The molecule has 0 aromatic heterocycles. The van der Waals surface area contributed by atoms with Gasteiger partial charge in [-0.05, 0) is 39.0 Å². The quantitative estimate of drug-likeness (QED) is 0.523. The molecule has 28 heavy (non-hydrogen) atoms. The smallest absolute Gasteiger partial charge is 0.196 e. The Balaban J connectivity index is 1.91. The van der Waals surface area contributed by atoms with Gasteiger partial charge < -0.3 is 0 Å². The van der Waals surface area contributed by atoms with Gasteiger partial charge in [-0.2, -0.15) is 0 Å². The lowest BCUT2D eigenvalue weighted by Gasteiger charge is -2.31. The Hall–Kier alpha value is -3.24. The molecule has 0 fully saturated rings. The largest absolute Gasteiger partial charge is 0.289 e. The van der Waals surface area contributed by atoms with E-state index in [0.717, 1.165) is 11.3 Å². The first kappa shape index (κ1) is 18.1. The molecule has 0 heterocycles. The topological polar surface area (TPSA) is 49.4 Å². The van der Waals surface area contributed by atoms with Gasteiger partial charge in [0.1, 0.15) is 0 Å². The molecular formula is C24H22N2O2. The molecule has 1 aliphatic carbocycles. The third kappa shape index (κ3) is 3.02. The van der Waals surface area contributed by atoms with Gasteiger partial charge in [-0.15, -0.1) is 0 Å². The summed E-state index contributed by atoms with van der Waals surface area (Å²) in [5, 5.41) is 1.90. The van der Waals surface area contributed by atoms with E-state index in [1.54, 1.807) is 30.3 Å². The molecular weight excluding hydrogens is 348 g/mol. The normalized spacial score (nSPS) is 12.7. The van der Waals surface area contributed by atoms with Crippen molar-refractivity contribution in [3.8, 4) is 0 Å². The molecule has 0 spiro atoms. The number of hydrogen-bond acceptors (Lipinski definition) is 4. The van der Waals surface area contributed by atoms with E-state index in [1.165, 1.54) is 0 Å². The first-order valence-corrected chi connectivity index (χ1v) is 9.42. The number of fused-ring (bicyclic) bond motifs is 2. The van der Waals surface area contributed by atoms with Gasteiger partial charge in [-0.1, -0.05) is 54.1 Å². The van der Waals surface area contributed by atoms with Crippen LogP contribution in [0.4, 0.5) is 11.4 Å². The predicted molar refractivity (Wildman–Crippen MR) is 111 cm³/mol. The standard InChI is InChI=1S/C24H22N2O2/c1-15(2)25-26(17-13-11-16(3)12-14-17)21-10-6-9-20-22(21)24(28)19-8-5-4-7-18(19)23(20)27/h4-15,25H,1-3H3. The van der Waals surface area contributed by atoms with Gasteiger partial charge >= 0.3 is 0 Å². The van der Waals surface area contributed by atoms with Crippen molar-refractivity contribution in [3.63, 3.8) is 0 Å². The van der Waals surface area contributed by atoms with Crippen molar-refractivity contribution in [3.05, 3.63) is 94.5 Å². The van der Waals surface area contributed by atoms with E-state index in [4.69, 9.17) is 0 Å². The van der Waals surface area contributed by atoms with Crippen molar-refractivity contribution < 1.29 is 9.59 Å². The zero-order chi connectivity index (χ0) is 19.8. The molecule has 4 rings (SSSR count). The first-order valence-electron chi connectivity index (χ1n) is 9.42. The SMILES string of the molecule is Cc1ccc(N(NC(C)C)c2cccc3c2C(=O)c2ccccc2C3=O)cc1. The molecule has 3 aromatic carbocycles. The van der Waals surface area contributed by atoms with Crippen molar-refractivity contribution in [1.29, 1.82) is 0 Å². The number of nitrogens with zero attached hydrogens (tertiary/aromatic N) is 1. The number of hydrogen-bond donors (Lipinski definition) is 1. The molecule has 0 bridgehead atoms. The van der Waals surface area contributed by atoms with Crippen molar-refractivity contribution in [2.24, 2.45) is 0 Å². The molecule has 0 radical (unpaired) electrons. The fourth-order valence-electron chi connectivity index (χ4n) is 3.55. The zero-order valence-corrected chi connectivity index (χ0v) is 16.2. The summed E-state index contributed by atoms with van der Waals surface area (Å²) in [5.41, 5.74) is 7.98. The Labute approximate surface area is 164 Å². The fourth-order valence-corrected chi connectivity index (χ4v) is 3.55. The van der Waals surface area contributed by atoms with Crippen LogP contribution in [-0.4, -0.2) is 17.6 Å². The highest BCUT2D eigenvalue weighted by atomic mass is 16.1. The average Bonchev–Trinajstić information content (AvgIpc) is 2.70. The molecule has 1 N–H and O–H groups in total. The van der Waals surface area contributed by atoms with Crippen LogP contribution in [0, 0.1) is 6.92 Å². The van der Waals surface area contributed by atoms with Crippen LogP contribution in [0.2, 0.25) is 0 Å². The second-order valence-corrected chi connectivity index (χ2v) is 7.36. The fraction of sp³-hybridized carbons (Fsp3) is 0.167. The number of carbonyl (C=O) groups is 2. The molecule has 4 heteroatoms. The highest BCUT2D eigenvalue weighted by Gasteiger charge is 2.33. The van der Waals surface area contributed by atoms with Crippen molar-refractivity contribution in [1.82, 2.24) is 5.43 Å². The van der Waals surface area contributed by atoms with E-state index in [-0.39, 0.29) is 17.6 Å². The molecule has 0 unspecified atom stereocenters. The molecule has 0 saturated carbocycles. The van der Waals surface area contributed by atoms with Crippen molar-refractivity contribution >= 4 is 22.9 Å². The molecule has 0 aliphatic heterocycles. The Morgan fingerprint density at radius 3 is 2.00 bits per heavy atom. The lowest BCUT2D eigenvalue weighted by Crippen LogP contribution is -2.40. The van der Waals surface area contributed by atoms with E-state index in [9.17, 15) is 9.59 Å². The Morgan fingerprint density at radius 2 is 1.36 bits per heavy atom. The number of anilines is 2. The summed E-state index contributed by atoms with van der Waals surface area (Å²) in [6.07, 6.45) is 0. The van der Waals surface area contributed by atoms with Crippen molar-refractivity contribution in [2.75, 3.05) is 5.01 Å². The summed E-state index contributed by atoms with van der Waals surface area (Å²) >= 11 is 0. The van der Waals surface area contributed by atoms with Gasteiger partial charge in [-0.3, -0.25) is 14.6 Å². The molecule has 3 aromatic rings. The summed E-state index contributed by atoms with van der Waals surface area (Å²) in [6.45, 7) is 6.12. The maximum Gasteiger partial charge on any atom is 0.196 e. The highest BCUT2D eigenvalue weighted by molar-refractivity contribution is 6.30. The third-order valence-corrected chi connectivity index (χ3v) is 4.85. The van der Waals surface area contributed by atoms with E-state index < -0.39 is 0 Å². The van der Waals surface area contributed by atoms with Gasteiger partial charge in [0, 0.05) is 22.7 Å². The molecule has 0 atom stereocenters. The number of hydrazine groups is 1. The molecule has 140 valence electrons. The van der Waals surface area contributed by atoms with Gasteiger partial charge in [0.25, 0.3) is 0 Å². The molecule has 1 aliphatic rings. The Morgan fingerprint density at radius 1 is 0.750 bits per heavy atom. The highest BCUT2D eigenvalue weighted by Crippen LogP contribution is 2.36. The summed E-state index contributed by atoms with van der Waals surface area (Å²) in [7, 11) is 0. The summed E-state index contributed by atoms with van der Waals surface area (Å²) in [6, 6.07) is 20.7. The maximum absolute atomic E-state index is 13.3. The molecule has 0 saturated heterocycles. The number of nitrogens with one attached hydrogen (secondary N) is 1. The number of aryl methyl sites for hydroxylation is 1. The van der Waals surface area contributed by atoms with Crippen LogP contribution in [0.3, 0.4) is 0 Å². The summed E-state index contributed by atoms with van der Waals surface area (Å²) in [4.78, 5) is 26.4. The summed E-state index contributed by atoms with van der Waals surface area (Å²) in [5.74, 6) is -0.232. The monoisotopic (exact) mass is 370 g/mol. The van der Waals surface area contributed by atoms with Crippen LogP contribution < -0.4 is 10.4 Å². The number of benzene rings is 3. The Kier molecular flexibility index (Phi) is 4.57. The van der Waals surface area contributed by atoms with Crippen molar-refractivity contribution in [2.45, 2.75) is 26.8 Å². The Bertz CT molecular complexity index is 1070. The average molecular weight is 370 g/mol. The first-order chi connectivity index (χ1) is 13.5. The lowest BCUT2D eigenvalue weighted by atomic mass is 9.83. The van der Waals surface area contributed by atoms with Gasteiger partial charge in [0.05, 0.1) is 16.9 Å². The van der Waals surface area contributed by atoms with Crippen LogP contribution in [-0.2, 0) is 0 Å². The van der Waals surface area contributed by atoms with Crippen LogP contribution in [0.5, 0.6) is 0 Å². The number of rotatable bonds is 4. The van der Waals surface area contributed by atoms with Crippen LogP contribution in [0.25, 0.3) is 0 Å². The maximum atomic E-state index is 13.3. The van der Waals surface area contributed by atoms with E-state index in [1.807, 2.05) is 62.2 Å². The van der Waals surface area contributed by atoms with Crippen LogP contribution in [0.1, 0.15) is 51.3 Å². The number of carbonyl (C=O) groups excluding carboxylic acids is 2. The third-order valence-electron chi connectivity index (χ3n) is 4.85. The zero-order valence-electron chi connectivity index (χ0n) is 16.2. The molecule has 4 nitrogen and oxygen atoms in total. The minimum absolute atomic E-state index is 0.111. The summed E-state index contributed by atoms with van der Waals surface area (Å²) < 4.78 is 0. The lowest BCUT2D eigenvalue weighted by molar-refractivity contribution is 0.0979. The minimum Gasteiger partial charge on any atom is -0.289 e. The minimum atomic E-state index is -0.122. The second kappa shape index (κ2) is 7.06. The van der Waals surface area contributed by atoms with Crippen LogP contribution in [0.15, 0.2) is 66.7 Å². The van der Waals surface area contributed by atoms with Gasteiger partial charge in [0.15, 0.2) is 11.6 Å². The second-order valence-electron chi connectivity index (χ2n) is 7.36. The molecule has 0 amide bonds. The van der Waals surface area contributed by atoms with E-state index in [2.05, 4.69) is 5.43 Å². The van der Waals surface area contributed by atoms with Gasteiger partial charge in [-0.25, -0.2) is 5.43 Å². The number of ketones is 2. The van der Waals surface area contributed by atoms with Crippen LogP contribution >= 0.6 is 0 Å². The predicted octanol–water partition coefficient (Wildman–Crippen LogP) is 4.82. The van der Waals surface area contributed by atoms with Gasteiger partial charge in [0.2, 0.25) is 0 Å². The van der Waals surface area contributed by atoms with E-state index >= 15 is 0 Å². The van der Waals surface area contributed by atoms with E-state index in [0.29, 0.717) is 27.9 Å².